The molecule has 0 aliphatic heterocycles. The Morgan fingerprint density at radius 1 is 1.33 bits per heavy atom. The molecule has 2 aromatic rings. The number of nitro groups is 1. The highest BCUT2D eigenvalue weighted by Gasteiger charge is 2.15. The SMILES string of the molecule is CCn1c(C)cc(CNc2cc(F)ccc2[N+](=O)[O-])c1C. The van der Waals surface area contributed by atoms with E-state index < -0.39 is 10.7 Å². The zero-order valence-electron chi connectivity index (χ0n) is 12.3. The average molecular weight is 291 g/mol. The van der Waals surface area contributed by atoms with E-state index in [0.29, 0.717) is 6.54 Å². The highest BCUT2D eigenvalue weighted by Crippen LogP contribution is 2.26. The molecule has 1 aromatic carbocycles. The summed E-state index contributed by atoms with van der Waals surface area (Å²) < 4.78 is 15.4. The van der Waals surface area contributed by atoms with Crippen molar-refractivity contribution in [3.8, 4) is 0 Å². The maximum absolute atomic E-state index is 13.3. The predicted molar refractivity (Wildman–Crippen MR) is 80.0 cm³/mol. The van der Waals surface area contributed by atoms with Crippen molar-refractivity contribution in [1.82, 2.24) is 4.57 Å². The van der Waals surface area contributed by atoms with E-state index in [0.717, 1.165) is 35.6 Å². The number of halogens is 1. The molecule has 0 saturated heterocycles. The van der Waals surface area contributed by atoms with Crippen LogP contribution >= 0.6 is 0 Å². The van der Waals surface area contributed by atoms with E-state index in [9.17, 15) is 14.5 Å². The minimum atomic E-state index is -0.517. The van der Waals surface area contributed by atoms with Crippen LogP contribution in [0.15, 0.2) is 24.3 Å². The van der Waals surface area contributed by atoms with Gasteiger partial charge in [-0.1, -0.05) is 0 Å². The van der Waals surface area contributed by atoms with Crippen molar-refractivity contribution < 1.29 is 9.31 Å². The number of hydrogen-bond acceptors (Lipinski definition) is 3. The highest BCUT2D eigenvalue weighted by molar-refractivity contribution is 5.61. The highest BCUT2D eigenvalue weighted by atomic mass is 19.1. The summed E-state index contributed by atoms with van der Waals surface area (Å²) in [5.74, 6) is -0.498. The molecule has 1 heterocycles. The Morgan fingerprint density at radius 3 is 2.62 bits per heavy atom. The first-order valence-corrected chi connectivity index (χ1v) is 6.77. The van der Waals surface area contributed by atoms with Gasteiger partial charge in [-0.2, -0.15) is 0 Å². The lowest BCUT2D eigenvalue weighted by molar-refractivity contribution is -0.384. The van der Waals surface area contributed by atoms with E-state index in [1.54, 1.807) is 0 Å². The number of aromatic nitrogens is 1. The fourth-order valence-electron chi connectivity index (χ4n) is 2.54. The van der Waals surface area contributed by atoms with Gasteiger partial charge in [0.05, 0.1) is 4.92 Å². The van der Waals surface area contributed by atoms with Crippen LogP contribution in [0.25, 0.3) is 0 Å². The summed E-state index contributed by atoms with van der Waals surface area (Å²) in [5, 5.41) is 13.9. The Labute approximate surface area is 122 Å². The van der Waals surface area contributed by atoms with Gasteiger partial charge in [0, 0.05) is 36.6 Å². The summed E-state index contributed by atoms with van der Waals surface area (Å²) in [6.45, 7) is 7.38. The maximum Gasteiger partial charge on any atom is 0.292 e. The molecule has 0 unspecified atom stereocenters. The Bertz CT molecular complexity index is 680. The topological polar surface area (TPSA) is 60.1 Å². The fraction of sp³-hybridized carbons (Fsp3) is 0.333. The van der Waals surface area contributed by atoms with Gasteiger partial charge in [0.15, 0.2) is 0 Å². The molecule has 0 bridgehead atoms. The molecule has 2 rings (SSSR count). The van der Waals surface area contributed by atoms with Gasteiger partial charge >= 0.3 is 0 Å². The lowest BCUT2D eigenvalue weighted by Gasteiger charge is -2.09. The molecular weight excluding hydrogens is 273 g/mol. The zero-order chi connectivity index (χ0) is 15.6. The summed E-state index contributed by atoms with van der Waals surface area (Å²) in [7, 11) is 0. The predicted octanol–water partition coefficient (Wildman–Crippen LogP) is 3.78. The monoisotopic (exact) mass is 291 g/mol. The van der Waals surface area contributed by atoms with Gasteiger partial charge in [0.25, 0.3) is 5.69 Å². The normalized spacial score (nSPS) is 10.7. The van der Waals surface area contributed by atoms with Gasteiger partial charge in [-0.05, 0) is 38.5 Å². The van der Waals surface area contributed by atoms with E-state index in [-0.39, 0.29) is 11.4 Å². The molecule has 6 heteroatoms. The molecule has 0 aliphatic carbocycles. The number of benzene rings is 1. The standard InChI is InChI=1S/C15H18FN3O2/c1-4-18-10(2)7-12(11(18)3)9-17-14-8-13(16)5-6-15(14)19(20)21/h5-8,17H,4,9H2,1-3H3. The first-order valence-electron chi connectivity index (χ1n) is 6.77. The molecule has 0 fully saturated rings. The lowest BCUT2D eigenvalue weighted by atomic mass is 10.2. The van der Waals surface area contributed by atoms with Crippen LogP contribution in [0, 0.1) is 29.8 Å². The van der Waals surface area contributed by atoms with E-state index in [2.05, 4.69) is 16.8 Å². The van der Waals surface area contributed by atoms with E-state index in [1.165, 1.54) is 6.07 Å². The van der Waals surface area contributed by atoms with Crippen molar-refractivity contribution >= 4 is 11.4 Å². The lowest BCUT2D eigenvalue weighted by Crippen LogP contribution is -2.05. The Kier molecular flexibility index (Phi) is 4.26. The number of hydrogen-bond donors (Lipinski definition) is 1. The Balaban J connectivity index is 2.24. The van der Waals surface area contributed by atoms with Gasteiger partial charge in [-0.25, -0.2) is 4.39 Å². The summed E-state index contributed by atoms with van der Waals surface area (Å²) in [5.41, 5.74) is 3.37. The zero-order valence-corrected chi connectivity index (χ0v) is 12.3. The van der Waals surface area contributed by atoms with Crippen LogP contribution < -0.4 is 5.32 Å². The van der Waals surface area contributed by atoms with Crippen molar-refractivity contribution in [1.29, 1.82) is 0 Å². The molecule has 21 heavy (non-hydrogen) atoms. The molecule has 1 aromatic heterocycles. The van der Waals surface area contributed by atoms with Crippen LogP contribution in [0.4, 0.5) is 15.8 Å². The minimum absolute atomic E-state index is 0.124. The van der Waals surface area contributed by atoms with Gasteiger partial charge in [-0.3, -0.25) is 10.1 Å². The van der Waals surface area contributed by atoms with Gasteiger partial charge < -0.3 is 9.88 Å². The second-order valence-electron chi connectivity index (χ2n) is 4.91. The minimum Gasteiger partial charge on any atom is -0.375 e. The van der Waals surface area contributed by atoms with Crippen molar-refractivity contribution in [2.45, 2.75) is 33.9 Å². The molecule has 0 spiro atoms. The quantitative estimate of drug-likeness (QED) is 0.673. The van der Waals surface area contributed by atoms with Crippen LogP contribution in [0.3, 0.4) is 0 Å². The third-order valence-corrected chi connectivity index (χ3v) is 3.62. The first-order chi connectivity index (χ1) is 9.93. The van der Waals surface area contributed by atoms with Crippen LogP contribution in [0.5, 0.6) is 0 Å². The molecule has 0 atom stereocenters. The number of aryl methyl sites for hydroxylation is 1. The van der Waals surface area contributed by atoms with Gasteiger partial charge in [-0.15, -0.1) is 0 Å². The van der Waals surface area contributed by atoms with Crippen molar-refractivity contribution in [3.05, 3.63) is 57.1 Å². The summed E-state index contributed by atoms with van der Waals surface area (Å²) in [6.07, 6.45) is 0. The van der Waals surface area contributed by atoms with Crippen LogP contribution in [0.1, 0.15) is 23.9 Å². The largest absolute Gasteiger partial charge is 0.375 e. The van der Waals surface area contributed by atoms with Gasteiger partial charge in [0.1, 0.15) is 11.5 Å². The third-order valence-electron chi connectivity index (χ3n) is 3.62. The second kappa shape index (κ2) is 5.95. The number of nitrogens with one attached hydrogen (secondary N) is 1. The molecule has 112 valence electrons. The molecule has 0 radical (unpaired) electrons. The Morgan fingerprint density at radius 2 is 2.05 bits per heavy atom. The van der Waals surface area contributed by atoms with Crippen LogP contribution in [-0.2, 0) is 13.1 Å². The third kappa shape index (κ3) is 3.04. The van der Waals surface area contributed by atoms with E-state index in [1.807, 2.05) is 19.9 Å². The smallest absolute Gasteiger partial charge is 0.292 e. The second-order valence-corrected chi connectivity index (χ2v) is 4.91. The average Bonchev–Trinajstić information content (AvgIpc) is 2.70. The number of anilines is 1. The van der Waals surface area contributed by atoms with E-state index in [4.69, 9.17) is 0 Å². The number of nitro benzene ring substituents is 1. The molecule has 0 aliphatic rings. The summed E-state index contributed by atoms with van der Waals surface area (Å²) >= 11 is 0. The van der Waals surface area contributed by atoms with Crippen molar-refractivity contribution in [2.75, 3.05) is 5.32 Å². The molecular formula is C15H18FN3O2. The van der Waals surface area contributed by atoms with Crippen LogP contribution in [-0.4, -0.2) is 9.49 Å². The van der Waals surface area contributed by atoms with Crippen molar-refractivity contribution in [2.24, 2.45) is 0 Å². The van der Waals surface area contributed by atoms with Crippen molar-refractivity contribution in [3.63, 3.8) is 0 Å². The van der Waals surface area contributed by atoms with Crippen LogP contribution in [0.2, 0.25) is 0 Å². The summed E-state index contributed by atoms with van der Waals surface area (Å²) in [4.78, 5) is 10.4. The van der Waals surface area contributed by atoms with E-state index >= 15 is 0 Å². The number of rotatable bonds is 5. The summed E-state index contributed by atoms with van der Waals surface area (Å²) in [6, 6.07) is 5.45. The molecule has 1 N–H and O–H groups in total. The number of nitrogens with zero attached hydrogens (tertiary/aromatic N) is 2. The molecule has 0 amide bonds. The fourth-order valence-corrected chi connectivity index (χ4v) is 2.54. The molecule has 5 nitrogen and oxygen atoms in total. The first kappa shape index (κ1) is 15.0. The van der Waals surface area contributed by atoms with Gasteiger partial charge in [0.2, 0.25) is 0 Å². The Hall–Kier alpha value is -2.37. The molecule has 0 saturated carbocycles. The maximum atomic E-state index is 13.3.